The molecule has 0 aromatic heterocycles. The second-order valence-corrected chi connectivity index (χ2v) is 1.67. The molecule has 4 nitrogen and oxygen atoms in total. The number of rotatable bonds is 3. The summed E-state index contributed by atoms with van der Waals surface area (Å²) in [6.45, 7) is 1.95. The molecule has 0 rings (SSSR count). The number of hydrogen-bond acceptors (Lipinski definition) is 4. The molecule has 0 spiro atoms. The molecule has 0 saturated heterocycles. The molecule has 0 aliphatic heterocycles. The second-order valence-electron chi connectivity index (χ2n) is 1.67. The molecule has 4 heteroatoms. The monoisotopic (exact) mass is 154 g/mol. The SMILES string of the molecule is C#CCN/C(=C\C)C(=O)ON. The quantitative estimate of drug-likeness (QED) is 0.327. The maximum Gasteiger partial charge on any atom is 0.372 e. The lowest BCUT2D eigenvalue weighted by Gasteiger charge is -2.03. The fourth-order valence-electron chi connectivity index (χ4n) is 0.502. The third-order valence-corrected chi connectivity index (χ3v) is 0.997. The van der Waals surface area contributed by atoms with Crippen molar-refractivity contribution in [1.82, 2.24) is 5.32 Å². The molecular weight excluding hydrogens is 144 g/mol. The lowest BCUT2D eigenvalue weighted by atomic mass is 10.4. The van der Waals surface area contributed by atoms with Crippen LogP contribution < -0.4 is 11.2 Å². The van der Waals surface area contributed by atoms with E-state index in [9.17, 15) is 4.79 Å². The van der Waals surface area contributed by atoms with E-state index in [2.05, 4.69) is 22.0 Å². The molecule has 0 aliphatic rings. The third-order valence-electron chi connectivity index (χ3n) is 0.997. The Morgan fingerprint density at radius 2 is 2.55 bits per heavy atom. The molecule has 0 aromatic carbocycles. The van der Waals surface area contributed by atoms with Gasteiger partial charge in [0.1, 0.15) is 5.70 Å². The van der Waals surface area contributed by atoms with Crippen LogP contribution in [-0.2, 0) is 9.63 Å². The predicted octanol–water partition coefficient (Wildman–Crippen LogP) is -0.470. The fraction of sp³-hybridized carbons (Fsp3) is 0.286. The van der Waals surface area contributed by atoms with E-state index in [1.807, 2.05) is 0 Å². The normalized spacial score (nSPS) is 10.1. The number of carbonyl (C=O) groups is 1. The molecule has 0 atom stereocenters. The number of terminal acetylenes is 1. The lowest BCUT2D eigenvalue weighted by Crippen LogP contribution is -2.24. The molecule has 0 aromatic rings. The van der Waals surface area contributed by atoms with Crippen molar-refractivity contribution in [3.63, 3.8) is 0 Å². The van der Waals surface area contributed by atoms with Crippen molar-refractivity contribution in [2.45, 2.75) is 6.92 Å². The van der Waals surface area contributed by atoms with Crippen LogP contribution in [0.5, 0.6) is 0 Å². The average molecular weight is 154 g/mol. The Labute approximate surface area is 65.4 Å². The molecule has 0 radical (unpaired) electrons. The maximum atomic E-state index is 10.7. The molecule has 0 bridgehead atoms. The van der Waals surface area contributed by atoms with Crippen LogP contribution in [0.25, 0.3) is 0 Å². The van der Waals surface area contributed by atoms with E-state index in [4.69, 9.17) is 6.42 Å². The minimum absolute atomic E-state index is 0.269. The minimum atomic E-state index is -0.622. The number of nitrogens with one attached hydrogen (secondary N) is 1. The number of nitrogens with two attached hydrogens (primary N) is 1. The van der Waals surface area contributed by atoms with E-state index < -0.39 is 5.97 Å². The summed E-state index contributed by atoms with van der Waals surface area (Å²) in [4.78, 5) is 14.7. The van der Waals surface area contributed by atoms with Crippen LogP contribution >= 0.6 is 0 Å². The Morgan fingerprint density at radius 3 is 2.91 bits per heavy atom. The average Bonchev–Trinajstić information content (AvgIpc) is 2.05. The van der Waals surface area contributed by atoms with Gasteiger partial charge in [-0.2, -0.15) is 5.90 Å². The second kappa shape index (κ2) is 5.33. The summed E-state index contributed by atoms with van der Waals surface area (Å²) in [6.07, 6.45) is 6.48. The highest BCUT2D eigenvalue weighted by Gasteiger charge is 2.06. The van der Waals surface area contributed by atoms with E-state index in [0.29, 0.717) is 0 Å². The van der Waals surface area contributed by atoms with Crippen LogP contribution in [0.2, 0.25) is 0 Å². The minimum Gasteiger partial charge on any atom is -0.369 e. The van der Waals surface area contributed by atoms with Crippen molar-refractivity contribution in [2.24, 2.45) is 5.90 Å². The van der Waals surface area contributed by atoms with Gasteiger partial charge in [0.25, 0.3) is 0 Å². The first kappa shape index (κ1) is 9.53. The molecule has 60 valence electrons. The van der Waals surface area contributed by atoms with Gasteiger partial charge in [0.05, 0.1) is 6.54 Å². The highest BCUT2D eigenvalue weighted by atomic mass is 16.7. The standard InChI is InChI=1S/C7H10N2O2/c1-3-5-9-6(4-2)7(10)11-8/h1,4,9H,5,8H2,2H3/b6-4-. The molecule has 0 saturated carbocycles. The van der Waals surface area contributed by atoms with Crippen molar-refractivity contribution < 1.29 is 9.63 Å². The Morgan fingerprint density at radius 1 is 1.91 bits per heavy atom. The van der Waals surface area contributed by atoms with Crippen LogP contribution in [-0.4, -0.2) is 12.5 Å². The summed E-state index contributed by atoms with van der Waals surface area (Å²) in [5.41, 5.74) is 0.269. The van der Waals surface area contributed by atoms with Crippen LogP contribution in [0, 0.1) is 12.3 Å². The van der Waals surface area contributed by atoms with E-state index in [1.54, 1.807) is 6.92 Å². The zero-order chi connectivity index (χ0) is 8.69. The van der Waals surface area contributed by atoms with Gasteiger partial charge in [-0.1, -0.05) is 12.0 Å². The van der Waals surface area contributed by atoms with Crippen molar-refractivity contribution in [2.75, 3.05) is 6.54 Å². The Balaban J connectivity index is 4.00. The van der Waals surface area contributed by atoms with Crippen LogP contribution in [0.1, 0.15) is 6.92 Å². The van der Waals surface area contributed by atoms with Crippen molar-refractivity contribution in [3.05, 3.63) is 11.8 Å². The molecule has 11 heavy (non-hydrogen) atoms. The highest BCUT2D eigenvalue weighted by Crippen LogP contribution is 1.89. The van der Waals surface area contributed by atoms with Crippen molar-refractivity contribution >= 4 is 5.97 Å². The van der Waals surface area contributed by atoms with Crippen LogP contribution in [0.4, 0.5) is 0 Å². The van der Waals surface area contributed by atoms with Gasteiger partial charge in [-0.15, -0.1) is 6.42 Å². The molecule has 0 aliphatic carbocycles. The first-order chi connectivity index (χ1) is 5.26. The summed E-state index contributed by atoms with van der Waals surface area (Å²) < 4.78 is 0. The van der Waals surface area contributed by atoms with Crippen molar-refractivity contribution in [3.8, 4) is 12.3 Å². The summed E-state index contributed by atoms with van der Waals surface area (Å²) in [7, 11) is 0. The van der Waals surface area contributed by atoms with E-state index >= 15 is 0 Å². The Bertz CT molecular complexity index is 203. The Kier molecular flexibility index (Phi) is 4.61. The smallest absolute Gasteiger partial charge is 0.369 e. The maximum absolute atomic E-state index is 10.7. The van der Waals surface area contributed by atoms with Gasteiger partial charge in [0.15, 0.2) is 0 Å². The fourth-order valence-corrected chi connectivity index (χ4v) is 0.502. The largest absolute Gasteiger partial charge is 0.372 e. The predicted molar refractivity (Wildman–Crippen MR) is 40.9 cm³/mol. The van der Waals surface area contributed by atoms with Gasteiger partial charge in [0.2, 0.25) is 0 Å². The van der Waals surface area contributed by atoms with E-state index in [1.165, 1.54) is 6.08 Å². The number of hydrogen-bond donors (Lipinski definition) is 2. The van der Waals surface area contributed by atoms with Gasteiger partial charge < -0.3 is 10.2 Å². The van der Waals surface area contributed by atoms with Gasteiger partial charge in [-0.05, 0) is 6.92 Å². The molecule has 0 heterocycles. The summed E-state index contributed by atoms with van der Waals surface area (Å²) in [6, 6.07) is 0. The topological polar surface area (TPSA) is 64.3 Å². The number of allylic oxidation sites excluding steroid dienone is 1. The molecule has 0 unspecified atom stereocenters. The Hall–Kier alpha value is -1.47. The van der Waals surface area contributed by atoms with Crippen LogP contribution in [0.15, 0.2) is 11.8 Å². The lowest BCUT2D eigenvalue weighted by molar-refractivity contribution is -0.139. The van der Waals surface area contributed by atoms with E-state index in [-0.39, 0.29) is 12.2 Å². The third kappa shape index (κ3) is 3.28. The number of carbonyl (C=O) groups excluding carboxylic acids is 1. The molecule has 3 N–H and O–H groups in total. The van der Waals surface area contributed by atoms with E-state index in [0.717, 1.165) is 0 Å². The van der Waals surface area contributed by atoms with Crippen LogP contribution in [0.3, 0.4) is 0 Å². The summed E-state index contributed by atoms with van der Waals surface area (Å²) >= 11 is 0. The van der Waals surface area contributed by atoms with Gasteiger partial charge in [0, 0.05) is 0 Å². The zero-order valence-corrected chi connectivity index (χ0v) is 6.26. The highest BCUT2D eigenvalue weighted by molar-refractivity contribution is 5.87. The molecule has 0 amide bonds. The molecule has 0 fully saturated rings. The first-order valence-corrected chi connectivity index (χ1v) is 3.01. The summed E-state index contributed by atoms with van der Waals surface area (Å²) in [5, 5.41) is 2.64. The van der Waals surface area contributed by atoms with Gasteiger partial charge in [-0.25, -0.2) is 4.79 Å². The van der Waals surface area contributed by atoms with Crippen molar-refractivity contribution in [1.29, 1.82) is 0 Å². The van der Waals surface area contributed by atoms with Gasteiger partial charge in [-0.3, -0.25) is 0 Å². The summed E-state index contributed by atoms with van der Waals surface area (Å²) in [5.74, 6) is 6.33. The first-order valence-electron chi connectivity index (χ1n) is 3.01. The zero-order valence-electron chi connectivity index (χ0n) is 6.26. The molecular formula is C7H10N2O2. The van der Waals surface area contributed by atoms with Gasteiger partial charge >= 0.3 is 5.97 Å².